The molecule has 0 spiro atoms. The lowest BCUT2D eigenvalue weighted by molar-refractivity contribution is 0.0696. The molecule has 0 atom stereocenters. The molecule has 0 saturated carbocycles. The SMILES string of the molecule is CCCCCCCCCCCCC(C)(C)Cn1ccc(C(=O)O)c1. The summed E-state index contributed by atoms with van der Waals surface area (Å²) in [6, 6.07) is 1.68. The van der Waals surface area contributed by atoms with E-state index in [1.165, 1.54) is 70.6 Å². The van der Waals surface area contributed by atoms with Crippen molar-refractivity contribution in [3.05, 3.63) is 24.0 Å². The summed E-state index contributed by atoms with van der Waals surface area (Å²) in [7, 11) is 0. The standard InChI is InChI=1S/C21H37NO2/c1-4-5-6-7-8-9-10-11-12-13-15-21(2,3)18-22-16-14-19(17-22)20(23)24/h14,16-17H,4-13,15,18H2,1-3H3,(H,23,24). The second-order valence-electron chi connectivity index (χ2n) is 7.97. The van der Waals surface area contributed by atoms with Crippen LogP contribution in [0.15, 0.2) is 18.5 Å². The average molecular weight is 336 g/mol. The number of nitrogens with zero attached hydrogens (tertiary/aromatic N) is 1. The summed E-state index contributed by atoms with van der Waals surface area (Å²) in [6.07, 6.45) is 18.5. The Morgan fingerprint density at radius 1 is 1.00 bits per heavy atom. The van der Waals surface area contributed by atoms with Crippen molar-refractivity contribution in [2.24, 2.45) is 5.41 Å². The van der Waals surface area contributed by atoms with Gasteiger partial charge < -0.3 is 9.67 Å². The van der Waals surface area contributed by atoms with Crippen LogP contribution < -0.4 is 0 Å². The van der Waals surface area contributed by atoms with Gasteiger partial charge in [-0.3, -0.25) is 0 Å². The topological polar surface area (TPSA) is 42.2 Å². The molecule has 0 aromatic carbocycles. The van der Waals surface area contributed by atoms with Crippen LogP contribution >= 0.6 is 0 Å². The Labute approximate surface area is 148 Å². The number of carboxylic acid groups (broad SMARTS) is 1. The summed E-state index contributed by atoms with van der Waals surface area (Å²) in [4.78, 5) is 10.9. The molecule has 138 valence electrons. The molecule has 0 aliphatic heterocycles. The van der Waals surface area contributed by atoms with E-state index in [0.29, 0.717) is 5.56 Å². The number of aromatic carboxylic acids is 1. The van der Waals surface area contributed by atoms with Crippen molar-refractivity contribution in [3.8, 4) is 0 Å². The molecule has 0 bridgehead atoms. The van der Waals surface area contributed by atoms with Crippen molar-refractivity contribution in [2.45, 2.75) is 97.9 Å². The highest BCUT2D eigenvalue weighted by Gasteiger charge is 2.18. The van der Waals surface area contributed by atoms with Crippen molar-refractivity contribution < 1.29 is 9.90 Å². The molecule has 1 heterocycles. The number of carboxylic acids is 1. The van der Waals surface area contributed by atoms with Crippen LogP contribution in [0.2, 0.25) is 0 Å². The third kappa shape index (κ3) is 9.14. The van der Waals surface area contributed by atoms with Crippen LogP contribution in [0, 0.1) is 5.41 Å². The Balaban J connectivity index is 2.09. The van der Waals surface area contributed by atoms with Gasteiger partial charge in [-0.1, -0.05) is 85.0 Å². The molecule has 1 N–H and O–H groups in total. The fourth-order valence-corrected chi connectivity index (χ4v) is 3.33. The highest BCUT2D eigenvalue weighted by Crippen LogP contribution is 2.26. The van der Waals surface area contributed by atoms with E-state index in [1.807, 2.05) is 10.8 Å². The Kier molecular flexibility index (Phi) is 9.82. The number of hydrogen-bond donors (Lipinski definition) is 1. The zero-order valence-corrected chi connectivity index (χ0v) is 16.0. The van der Waals surface area contributed by atoms with Crippen LogP contribution in [0.3, 0.4) is 0 Å². The maximum atomic E-state index is 10.9. The zero-order chi connectivity index (χ0) is 17.8. The molecular formula is C21H37NO2. The summed E-state index contributed by atoms with van der Waals surface area (Å²) in [5.74, 6) is -0.846. The molecule has 1 rings (SSSR count). The maximum Gasteiger partial charge on any atom is 0.337 e. The molecule has 0 fully saturated rings. The van der Waals surface area contributed by atoms with E-state index in [2.05, 4.69) is 20.8 Å². The van der Waals surface area contributed by atoms with Gasteiger partial charge in [-0.25, -0.2) is 4.79 Å². The summed E-state index contributed by atoms with van der Waals surface area (Å²) in [5, 5.41) is 8.99. The van der Waals surface area contributed by atoms with Gasteiger partial charge in [-0.05, 0) is 17.9 Å². The molecule has 0 amide bonds. The van der Waals surface area contributed by atoms with Gasteiger partial charge in [0.2, 0.25) is 0 Å². The smallest absolute Gasteiger partial charge is 0.337 e. The number of unbranched alkanes of at least 4 members (excludes halogenated alkanes) is 9. The highest BCUT2D eigenvalue weighted by molar-refractivity contribution is 5.87. The summed E-state index contributed by atoms with van der Waals surface area (Å²) in [6.45, 7) is 7.71. The summed E-state index contributed by atoms with van der Waals surface area (Å²) >= 11 is 0. The van der Waals surface area contributed by atoms with Gasteiger partial charge in [0.05, 0.1) is 5.56 Å². The predicted octanol–water partition coefficient (Wildman–Crippen LogP) is 6.52. The molecule has 0 saturated heterocycles. The van der Waals surface area contributed by atoms with Crippen molar-refractivity contribution in [2.75, 3.05) is 0 Å². The van der Waals surface area contributed by atoms with Crippen LogP contribution in [0.25, 0.3) is 0 Å². The van der Waals surface area contributed by atoms with Gasteiger partial charge in [0, 0.05) is 18.9 Å². The normalized spacial score (nSPS) is 11.8. The van der Waals surface area contributed by atoms with E-state index in [4.69, 9.17) is 5.11 Å². The molecule has 3 heteroatoms. The fraction of sp³-hybridized carbons (Fsp3) is 0.762. The molecule has 24 heavy (non-hydrogen) atoms. The number of carbonyl (C=O) groups is 1. The van der Waals surface area contributed by atoms with Crippen molar-refractivity contribution in [1.82, 2.24) is 4.57 Å². The van der Waals surface area contributed by atoms with Crippen LogP contribution in [-0.4, -0.2) is 15.6 Å². The van der Waals surface area contributed by atoms with Crippen LogP contribution in [0.4, 0.5) is 0 Å². The second-order valence-corrected chi connectivity index (χ2v) is 7.97. The molecular weight excluding hydrogens is 298 g/mol. The van der Waals surface area contributed by atoms with Gasteiger partial charge in [0.25, 0.3) is 0 Å². The van der Waals surface area contributed by atoms with Gasteiger partial charge in [0.15, 0.2) is 0 Å². The van der Waals surface area contributed by atoms with E-state index in [1.54, 1.807) is 12.3 Å². The van der Waals surface area contributed by atoms with Crippen LogP contribution in [0.1, 0.15) is 102 Å². The monoisotopic (exact) mass is 335 g/mol. The molecule has 0 aliphatic carbocycles. The van der Waals surface area contributed by atoms with E-state index < -0.39 is 5.97 Å². The van der Waals surface area contributed by atoms with Gasteiger partial charge in [-0.15, -0.1) is 0 Å². The Morgan fingerprint density at radius 2 is 1.54 bits per heavy atom. The van der Waals surface area contributed by atoms with Crippen LogP contribution in [0.5, 0.6) is 0 Å². The Bertz CT molecular complexity index is 462. The lowest BCUT2D eigenvalue weighted by Gasteiger charge is -2.25. The van der Waals surface area contributed by atoms with Crippen molar-refractivity contribution in [1.29, 1.82) is 0 Å². The fourth-order valence-electron chi connectivity index (χ4n) is 3.33. The minimum absolute atomic E-state index is 0.217. The molecule has 0 aliphatic rings. The maximum absolute atomic E-state index is 10.9. The van der Waals surface area contributed by atoms with E-state index in [0.717, 1.165) is 6.54 Å². The van der Waals surface area contributed by atoms with E-state index in [9.17, 15) is 4.79 Å². The predicted molar refractivity (Wildman–Crippen MR) is 102 cm³/mol. The molecule has 0 unspecified atom stereocenters. The van der Waals surface area contributed by atoms with Gasteiger partial charge >= 0.3 is 5.97 Å². The van der Waals surface area contributed by atoms with Gasteiger partial charge in [-0.2, -0.15) is 0 Å². The Morgan fingerprint density at radius 3 is 2.04 bits per heavy atom. The third-order valence-electron chi connectivity index (χ3n) is 4.82. The summed E-state index contributed by atoms with van der Waals surface area (Å²) in [5.41, 5.74) is 0.597. The largest absolute Gasteiger partial charge is 0.478 e. The molecule has 1 aromatic heterocycles. The lowest BCUT2D eigenvalue weighted by Crippen LogP contribution is -2.18. The quantitative estimate of drug-likeness (QED) is 0.393. The summed E-state index contributed by atoms with van der Waals surface area (Å²) < 4.78 is 2.01. The molecule has 0 radical (unpaired) electrons. The number of hydrogen-bond acceptors (Lipinski definition) is 1. The van der Waals surface area contributed by atoms with Crippen LogP contribution in [-0.2, 0) is 6.54 Å². The van der Waals surface area contributed by atoms with E-state index in [-0.39, 0.29) is 5.41 Å². The second kappa shape index (κ2) is 11.3. The van der Waals surface area contributed by atoms with Gasteiger partial charge in [0.1, 0.15) is 0 Å². The Hall–Kier alpha value is -1.25. The average Bonchev–Trinajstić information content (AvgIpc) is 2.97. The van der Waals surface area contributed by atoms with Crippen molar-refractivity contribution >= 4 is 5.97 Å². The first-order valence-electron chi connectivity index (χ1n) is 9.84. The molecule has 3 nitrogen and oxygen atoms in total. The highest BCUT2D eigenvalue weighted by atomic mass is 16.4. The van der Waals surface area contributed by atoms with Crippen molar-refractivity contribution in [3.63, 3.8) is 0 Å². The number of rotatable bonds is 14. The lowest BCUT2D eigenvalue weighted by atomic mass is 9.86. The number of aromatic nitrogens is 1. The minimum Gasteiger partial charge on any atom is -0.478 e. The minimum atomic E-state index is -0.846. The molecule has 1 aromatic rings. The first-order chi connectivity index (χ1) is 11.4. The third-order valence-corrected chi connectivity index (χ3v) is 4.82. The first kappa shape index (κ1) is 20.8. The first-order valence-corrected chi connectivity index (χ1v) is 9.84. The zero-order valence-electron chi connectivity index (χ0n) is 16.0. The van der Waals surface area contributed by atoms with E-state index >= 15 is 0 Å².